The van der Waals surface area contributed by atoms with Gasteiger partial charge in [0.2, 0.25) is 5.91 Å². The molecule has 2 aromatic carbocycles. The number of carbonyl (C=O) groups excluding carboxylic acids is 1. The van der Waals surface area contributed by atoms with Crippen molar-refractivity contribution < 1.29 is 14.7 Å². The van der Waals surface area contributed by atoms with Crippen molar-refractivity contribution in [1.82, 2.24) is 9.80 Å². The van der Waals surface area contributed by atoms with Gasteiger partial charge in [-0.3, -0.25) is 9.69 Å². The summed E-state index contributed by atoms with van der Waals surface area (Å²) in [6.45, 7) is 4.58. The molecule has 2 aliphatic rings. The lowest BCUT2D eigenvalue weighted by Gasteiger charge is -2.42. The second-order valence-corrected chi connectivity index (χ2v) is 7.86. The number of nitrogens with zero attached hydrogens (tertiary/aromatic N) is 2. The van der Waals surface area contributed by atoms with Crippen molar-refractivity contribution in [3.05, 3.63) is 71.3 Å². The van der Waals surface area contributed by atoms with Crippen LogP contribution < -0.4 is 0 Å². The molecule has 1 N–H and O–H groups in total. The molecular weight excluding hydrogens is 340 g/mol. The number of carboxylic acids is 1. The Labute approximate surface area is 159 Å². The summed E-state index contributed by atoms with van der Waals surface area (Å²) in [5, 5.41) is 9.94. The molecule has 1 fully saturated rings. The first kappa shape index (κ1) is 17.7. The molecule has 0 saturated carbocycles. The van der Waals surface area contributed by atoms with Crippen molar-refractivity contribution in [1.29, 1.82) is 0 Å². The number of amides is 1. The van der Waals surface area contributed by atoms with Crippen LogP contribution in [0.4, 0.5) is 0 Å². The van der Waals surface area contributed by atoms with Gasteiger partial charge in [0.15, 0.2) is 0 Å². The number of hydrogen-bond acceptors (Lipinski definition) is 3. The molecule has 0 aromatic heterocycles. The molecule has 0 bridgehead atoms. The van der Waals surface area contributed by atoms with E-state index in [0.29, 0.717) is 19.4 Å². The number of carboxylic acid groups (broad SMARTS) is 1. The van der Waals surface area contributed by atoms with E-state index in [-0.39, 0.29) is 11.9 Å². The van der Waals surface area contributed by atoms with E-state index in [1.54, 1.807) is 4.90 Å². The molecule has 0 unspecified atom stereocenters. The summed E-state index contributed by atoms with van der Waals surface area (Å²) in [7, 11) is 0. The Bertz CT molecular complexity index is 878. The SMILES string of the molecule is CC1(C)N2Cc3ccccc3C[C@H]2C(=O)N1[C@@H](Cc1ccccc1)C(=O)O. The standard InChI is InChI=1S/C22H24N2O3/c1-22(2)23-14-17-11-7-6-10-16(17)13-18(23)20(25)24(22)19(21(26)27)12-15-8-4-3-5-9-15/h3-11,18-19H,12-14H2,1-2H3,(H,26,27)/t18-,19-/m0/s1. The van der Waals surface area contributed by atoms with Crippen molar-refractivity contribution in [3.63, 3.8) is 0 Å². The molecular formula is C22H24N2O3. The van der Waals surface area contributed by atoms with Crippen LogP contribution in [0.15, 0.2) is 54.6 Å². The second-order valence-electron chi connectivity index (χ2n) is 7.86. The normalized spacial score (nSPS) is 22.2. The lowest BCUT2D eigenvalue weighted by Crippen LogP contribution is -2.56. The first-order valence-electron chi connectivity index (χ1n) is 9.33. The van der Waals surface area contributed by atoms with Gasteiger partial charge in [-0.05, 0) is 37.0 Å². The van der Waals surface area contributed by atoms with Crippen LogP contribution in [-0.4, -0.2) is 44.5 Å². The molecule has 140 valence electrons. The van der Waals surface area contributed by atoms with E-state index >= 15 is 0 Å². The molecule has 0 radical (unpaired) electrons. The highest BCUT2D eigenvalue weighted by atomic mass is 16.4. The third-order valence-electron chi connectivity index (χ3n) is 5.93. The van der Waals surface area contributed by atoms with E-state index in [9.17, 15) is 14.7 Å². The first-order valence-corrected chi connectivity index (χ1v) is 9.33. The number of hydrogen-bond donors (Lipinski definition) is 1. The summed E-state index contributed by atoms with van der Waals surface area (Å²) >= 11 is 0. The quantitative estimate of drug-likeness (QED) is 0.906. The zero-order valence-corrected chi connectivity index (χ0v) is 15.6. The van der Waals surface area contributed by atoms with Crippen molar-refractivity contribution >= 4 is 11.9 Å². The average Bonchev–Trinajstić information content (AvgIpc) is 2.85. The predicted molar refractivity (Wildman–Crippen MR) is 102 cm³/mol. The molecule has 1 amide bonds. The van der Waals surface area contributed by atoms with Crippen LogP contribution in [0, 0.1) is 0 Å². The summed E-state index contributed by atoms with van der Waals surface area (Å²) in [5.74, 6) is -1.05. The van der Waals surface area contributed by atoms with Crippen LogP contribution in [0.3, 0.4) is 0 Å². The fourth-order valence-corrected chi connectivity index (χ4v) is 4.55. The van der Waals surface area contributed by atoms with Crippen molar-refractivity contribution in [3.8, 4) is 0 Å². The summed E-state index contributed by atoms with van der Waals surface area (Å²) in [4.78, 5) is 29.2. The smallest absolute Gasteiger partial charge is 0.326 e. The molecule has 2 aromatic rings. The summed E-state index contributed by atoms with van der Waals surface area (Å²) < 4.78 is 0. The maximum atomic E-state index is 13.3. The van der Waals surface area contributed by atoms with Crippen LogP contribution >= 0.6 is 0 Å². The van der Waals surface area contributed by atoms with Gasteiger partial charge < -0.3 is 10.0 Å². The third kappa shape index (κ3) is 2.92. The highest BCUT2D eigenvalue weighted by Crippen LogP contribution is 2.40. The largest absolute Gasteiger partial charge is 0.480 e. The van der Waals surface area contributed by atoms with E-state index in [1.165, 1.54) is 11.1 Å². The molecule has 2 aliphatic heterocycles. The van der Waals surface area contributed by atoms with Gasteiger partial charge in [-0.2, -0.15) is 0 Å². The van der Waals surface area contributed by atoms with Crippen molar-refractivity contribution in [2.45, 2.75) is 51.0 Å². The van der Waals surface area contributed by atoms with Gasteiger partial charge in [0.1, 0.15) is 6.04 Å². The third-order valence-corrected chi connectivity index (χ3v) is 5.93. The van der Waals surface area contributed by atoms with Gasteiger partial charge in [0.05, 0.1) is 11.7 Å². The highest BCUT2D eigenvalue weighted by molar-refractivity contribution is 5.90. The van der Waals surface area contributed by atoms with E-state index in [0.717, 1.165) is 5.56 Å². The maximum absolute atomic E-state index is 13.3. The Morgan fingerprint density at radius 1 is 1.11 bits per heavy atom. The lowest BCUT2D eigenvalue weighted by atomic mass is 9.94. The Hall–Kier alpha value is -2.66. The summed E-state index contributed by atoms with van der Waals surface area (Å²) in [5.41, 5.74) is 2.65. The monoisotopic (exact) mass is 364 g/mol. The fraction of sp³-hybridized carbons (Fsp3) is 0.364. The Morgan fingerprint density at radius 3 is 2.41 bits per heavy atom. The fourth-order valence-electron chi connectivity index (χ4n) is 4.55. The topological polar surface area (TPSA) is 60.9 Å². The molecule has 4 rings (SSSR count). The van der Waals surface area contributed by atoms with E-state index in [1.807, 2.05) is 56.3 Å². The predicted octanol–water partition coefficient (Wildman–Crippen LogP) is 2.69. The Morgan fingerprint density at radius 2 is 1.74 bits per heavy atom. The maximum Gasteiger partial charge on any atom is 0.326 e. The Kier molecular flexibility index (Phi) is 4.27. The summed E-state index contributed by atoms with van der Waals surface area (Å²) in [6, 6.07) is 16.5. The van der Waals surface area contributed by atoms with Crippen LogP contribution in [0.5, 0.6) is 0 Å². The van der Waals surface area contributed by atoms with E-state index < -0.39 is 17.7 Å². The molecule has 0 spiro atoms. The van der Waals surface area contributed by atoms with Gasteiger partial charge >= 0.3 is 5.97 Å². The highest BCUT2D eigenvalue weighted by Gasteiger charge is 2.56. The molecule has 2 heterocycles. The molecule has 2 atom stereocenters. The number of carbonyl (C=O) groups is 2. The van der Waals surface area contributed by atoms with Crippen molar-refractivity contribution in [2.24, 2.45) is 0 Å². The van der Waals surface area contributed by atoms with E-state index in [2.05, 4.69) is 17.0 Å². The van der Waals surface area contributed by atoms with Crippen LogP contribution in [0.1, 0.15) is 30.5 Å². The van der Waals surface area contributed by atoms with Gasteiger partial charge in [-0.1, -0.05) is 54.6 Å². The minimum Gasteiger partial charge on any atom is -0.480 e. The number of rotatable bonds is 4. The van der Waals surface area contributed by atoms with Gasteiger partial charge in [0, 0.05) is 13.0 Å². The minimum atomic E-state index is -0.961. The number of aliphatic carboxylic acids is 1. The summed E-state index contributed by atoms with van der Waals surface area (Å²) in [6.07, 6.45) is 0.936. The second kappa shape index (κ2) is 6.50. The van der Waals surface area contributed by atoms with E-state index in [4.69, 9.17) is 0 Å². The minimum absolute atomic E-state index is 0.0853. The lowest BCUT2D eigenvalue weighted by molar-refractivity contribution is -0.153. The zero-order chi connectivity index (χ0) is 19.2. The zero-order valence-electron chi connectivity index (χ0n) is 15.6. The molecule has 5 nitrogen and oxygen atoms in total. The van der Waals surface area contributed by atoms with Gasteiger partial charge in [0.25, 0.3) is 0 Å². The molecule has 0 aliphatic carbocycles. The van der Waals surface area contributed by atoms with Gasteiger partial charge in [-0.25, -0.2) is 4.79 Å². The number of benzene rings is 2. The van der Waals surface area contributed by atoms with Crippen LogP contribution in [-0.2, 0) is 29.0 Å². The average molecular weight is 364 g/mol. The van der Waals surface area contributed by atoms with Crippen LogP contribution in [0.2, 0.25) is 0 Å². The molecule has 5 heteroatoms. The van der Waals surface area contributed by atoms with Crippen molar-refractivity contribution in [2.75, 3.05) is 0 Å². The first-order chi connectivity index (χ1) is 12.9. The number of fused-ring (bicyclic) bond motifs is 2. The molecule has 1 saturated heterocycles. The Balaban J connectivity index is 1.69. The molecule has 27 heavy (non-hydrogen) atoms. The van der Waals surface area contributed by atoms with Gasteiger partial charge in [-0.15, -0.1) is 0 Å². The van der Waals surface area contributed by atoms with Crippen LogP contribution in [0.25, 0.3) is 0 Å².